The molecule has 4 N–H and O–H groups in total. The van der Waals surface area contributed by atoms with Crippen LogP contribution in [0, 0.1) is 0 Å². The van der Waals surface area contributed by atoms with Crippen molar-refractivity contribution in [3.05, 3.63) is 11.9 Å². The second-order valence-electron chi connectivity index (χ2n) is 3.59. The van der Waals surface area contributed by atoms with Crippen molar-refractivity contribution in [2.45, 2.75) is 12.1 Å². The van der Waals surface area contributed by atoms with E-state index in [1.807, 2.05) is 0 Å². The van der Waals surface area contributed by atoms with E-state index >= 15 is 0 Å². The Balaban J connectivity index is 2.00. The molecule has 16 heavy (non-hydrogen) atoms. The summed E-state index contributed by atoms with van der Waals surface area (Å²) in [6.07, 6.45) is 3.31. The minimum Gasteiger partial charge on any atom is -0.394 e. The number of carbonyl (C=O) groups is 1. The molecular weight excluding hydrogens is 212 g/mol. The monoisotopic (exact) mass is 226 g/mol. The zero-order valence-corrected chi connectivity index (χ0v) is 8.67. The Kier molecular flexibility index (Phi) is 3.07. The maximum absolute atomic E-state index is 11.5. The van der Waals surface area contributed by atoms with Gasteiger partial charge in [-0.1, -0.05) is 0 Å². The highest BCUT2D eigenvalue weighted by Gasteiger charge is 2.37. The Hall–Kier alpha value is -1.60. The zero-order valence-electron chi connectivity index (χ0n) is 8.67. The molecule has 0 radical (unpaired) electrons. The molecule has 0 saturated heterocycles. The summed E-state index contributed by atoms with van der Waals surface area (Å²) in [4.78, 5) is 17.4. The average molecular weight is 226 g/mol. The van der Waals surface area contributed by atoms with Crippen molar-refractivity contribution in [3.8, 4) is 0 Å². The molecule has 0 bridgehead atoms. The van der Waals surface area contributed by atoms with Gasteiger partial charge in [-0.2, -0.15) is 0 Å². The van der Waals surface area contributed by atoms with E-state index in [1.54, 1.807) is 17.3 Å². The summed E-state index contributed by atoms with van der Waals surface area (Å²) in [7, 11) is 0. The van der Waals surface area contributed by atoms with E-state index in [9.17, 15) is 4.79 Å². The summed E-state index contributed by atoms with van der Waals surface area (Å²) in [5.41, 5.74) is 5.56. The lowest BCUT2D eigenvalue weighted by Gasteiger charge is -2.28. The SMILES string of the molecule is NC1=CC2C(N=CN2COCCO)C(=O)N1. The Bertz CT molecular complexity index is 342. The number of rotatable bonds is 4. The zero-order chi connectivity index (χ0) is 11.5. The van der Waals surface area contributed by atoms with Crippen molar-refractivity contribution in [3.63, 3.8) is 0 Å². The van der Waals surface area contributed by atoms with Gasteiger partial charge in [0.25, 0.3) is 5.91 Å². The Morgan fingerprint density at radius 2 is 2.50 bits per heavy atom. The number of fused-ring (bicyclic) bond motifs is 1. The number of amides is 1. The van der Waals surface area contributed by atoms with Gasteiger partial charge >= 0.3 is 0 Å². The lowest BCUT2D eigenvalue weighted by molar-refractivity contribution is -0.122. The fraction of sp³-hybridized carbons (Fsp3) is 0.556. The molecule has 0 aromatic rings. The van der Waals surface area contributed by atoms with Gasteiger partial charge in [0.05, 0.1) is 25.6 Å². The molecule has 2 heterocycles. The van der Waals surface area contributed by atoms with Crippen molar-refractivity contribution in [1.29, 1.82) is 0 Å². The molecule has 0 spiro atoms. The van der Waals surface area contributed by atoms with E-state index in [0.29, 0.717) is 5.82 Å². The molecule has 0 saturated carbocycles. The van der Waals surface area contributed by atoms with Crippen LogP contribution in [0.1, 0.15) is 0 Å². The number of nitrogens with zero attached hydrogens (tertiary/aromatic N) is 2. The molecule has 2 atom stereocenters. The lowest BCUT2D eigenvalue weighted by Crippen LogP contribution is -2.49. The lowest BCUT2D eigenvalue weighted by atomic mass is 10.1. The third-order valence-corrected chi connectivity index (χ3v) is 2.44. The Morgan fingerprint density at radius 1 is 1.69 bits per heavy atom. The van der Waals surface area contributed by atoms with Crippen LogP contribution >= 0.6 is 0 Å². The fourth-order valence-electron chi connectivity index (χ4n) is 1.71. The van der Waals surface area contributed by atoms with Crippen molar-refractivity contribution in [2.75, 3.05) is 19.9 Å². The normalized spacial score (nSPS) is 27.7. The van der Waals surface area contributed by atoms with Crippen molar-refractivity contribution in [2.24, 2.45) is 10.7 Å². The van der Waals surface area contributed by atoms with E-state index in [-0.39, 0.29) is 31.9 Å². The molecule has 2 unspecified atom stereocenters. The first-order chi connectivity index (χ1) is 7.72. The molecule has 1 amide bonds. The summed E-state index contributed by atoms with van der Waals surface area (Å²) in [5, 5.41) is 11.1. The first-order valence-corrected chi connectivity index (χ1v) is 4.98. The molecule has 2 aliphatic rings. The van der Waals surface area contributed by atoms with Gasteiger partial charge in [-0.15, -0.1) is 0 Å². The highest BCUT2D eigenvalue weighted by molar-refractivity contribution is 5.89. The van der Waals surface area contributed by atoms with Crippen molar-refractivity contribution in [1.82, 2.24) is 10.2 Å². The number of nitrogens with one attached hydrogen (secondary N) is 1. The summed E-state index contributed by atoms with van der Waals surface area (Å²) >= 11 is 0. The minimum absolute atomic E-state index is 0.0302. The summed E-state index contributed by atoms with van der Waals surface area (Å²) < 4.78 is 5.17. The summed E-state index contributed by atoms with van der Waals surface area (Å²) in [6, 6.07) is -0.641. The van der Waals surface area contributed by atoms with Crippen molar-refractivity contribution >= 4 is 12.2 Å². The van der Waals surface area contributed by atoms with E-state index in [4.69, 9.17) is 15.6 Å². The van der Waals surface area contributed by atoms with Gasteiger partial charge in [0.1, 0.15) is 12.6 Å². The van der Waals surface area contributed by atoms with E-state index in [2.05, 4.69) is 10.3 Å². The number of aliphatic imine (C=N–C) groups is 1. The molecule has 2 aliphatic heterocycles. The van der Waals surface area contributed by atoms with Crippen LogP contribution < -0.4 is 11.1 Å². The van der Waals surface area contributed by atoms with Gasteiger partial charge in [-0.3, -0.25) is 9.79 Å². The van der Waals surface area contributed by atoms with E-state index in [1.165, 1.54) is 0 Å². The molecular formula is C9H14N4O3. The smallest absolute Gasteiger partial charge is 0.252 e. The van der Waals surface area contributed by atoms with Crippen molar-refractivity contribution < 1.29 is 14.6 Å². The Morgan fingerprint density at radius 3 is 3.25 bits per heavy atom. The largest absolute Gasteiger partial charge is 0.394 e. The number of aliphatic hydroxyl groups is 1. The standard InChI is InChI=1S/C9H14N4O3/c10-7-3-6-8(9(15)12-7)11-4-13(6)5-16-2-1-14/h3-4,6,8,14H,1-2,5,10H2,(H,12,15). The first-order valence-electron chi connectivity index (χ1n) is 4.98. The van der Waals surface area contributed by atoms with Gasteiger partial charge in [-0.05, 0) is 6.08 Å². The number of hydrogen-bond acceptors (Lipinski definition) is 6. The highest BCUT2D eigenvalue weighted by Crippen LogP contribution is 2.18. The minimum atomic E-state index is -0.454. The van der Waals surface area contributed by atoms with Gasteiger partial charge in [-0.25, -0.2) is 0 Å². The quantitative estimate of drug-likeness (QED) is 0.480. The summed E-state index contributed by atoms with van der Waals surface area (Å²) in [5.74, 6) is 0.134. The molecule has 0 fully saturated rings. The van der Waals surface area contributed by atoms with Crippen LogP contribution in [0.4, 0.5) is 0 Å². The van der Waals surface area contributed by atoms with E-state index in [0.717, 1.165) is 0 Å². The van der Waals surface area contributed by atoms with Gasteiger partial charge in [0.2, 0.25) is 0 Å². The molecule has 2 rings (SSSR count). The molecule has 7 heteroatoms. The van der Waals surface area contributed by atoms with Gasteiger partial charge in [0, 0.05) is 0 Å². The second kappa shape index (κ2) is 4.50. The van der Waals surface area contributed by atoms with Crippen LogP contribution in [0.5, 0.6) is 0 Å². The van der Waals surface area contributed by atoms with Crippen LogP contribution in [-0.2, 0) is 9.53 Å². The predicted octanol–water partition coefficient (Wildman–Crippen LogP) is -2.04. The third-order valence-electron chi connectivity index (χ3n) is 2.44. The maximum atomic E-state index is 11.5. The first kappa shape index (κ1) is 10.9. The number of nitrogens with two attached hydrogens (primary N) is 1. The maximum Gasteiger partial charge on any atom is 0.252 e. The van der Waals surface area contributed by atoms with Crippen LogP contribution in [0.3, 0.4) is 0 Å². The number of ether oxygens (including phenoxy) is 1. The molecule has 0 aromatic carbocycles. The fourth-order valence-corrected chi connectivity index (χ4v) is 1.71. The molecule has 88 valence electrons. The second-order valence-corrected chi connectivity index (χ2v) is 3.59. The van der Waals surface area contributed by atoms with Crippen LogP contribution in [0.15, 0.2) is 16.9 Å². The topological polar surface area (TPSA) is 100 Å². The summed E-state index contributed by atoms with van der Waals surface area (Å²) in [6.45, 7) is 0.507. The highest BCUT2D eigenvalue weighted by atomic mass is 16.5. The molecule has 0 aliphatic carbocycles. The Labute approximate surface area is 92.6 Å². The molecule has 7 nitrogen and oxygen atoms in total. The predicted molar refractivity (Wildman–Crippen MR) is 56.2 cm³/mol. The van der Waals surface area contributed by atoms with Gasteiger partial charge in [0.15, 0.2) is 6.04 Å². The average Bonchev–Trinajstić information content (AvgIpc) is 2.62. The number of carbonyl (C=O) groups excluding carboxylic acids is 1. The van der Waals surface area contributed by atoms with Crippen LogP contribution in [0.2, 0.25) is 0 Å². The number of hydrogen-bond donors (Lipinski definition) is 3. The van der Waals surface area contributed by atoms with Crippen LogP contribution in [0.25, 0.3) is 0 Å². The van der Waals surface area contributed by atoms with Gasteiger partial charge < -0.3 is 25.8 Å². The van der Waals surface area contributed by atoms with E-state index < -0.39 is 6.04 Å². The molecule has 0 aromatic heterocycles. The number of aliphatic hydroxyl groups excluding tert-OH is 1. The third kappa shape index (κ3) is 2.00. The van der Waals surface area contributed by atoms with Crippen LogP contribution in [-0.4, -0.2) is 54.3 Å².